The average Bonchev–Trinajstić information content (AvgIpc) is 2.94. The molecule has 4 rings (SSSR count). The van der Waals surface area contributed by atoms with Crippen molar-refractivity contribution in [3.8, 4) is 5.75 Å². The fourth-order valence-electron chi connectivity index (χ4n) is 2.84. The minimum atomic E-state index is -0.231. The fraction of sp³-hybridized carbons (Fsp3) is 0.0526. The molecular formula is C19H14N2O2. The number of phenolic OH excluding ortho intramolecular Hbond substituents is 1. The minimum absolute atomic E-state index is 0.0142. The zero-order valence-corrected chi connectivity index (χ0v) is 12.5. The van der Waals surface area contributed by atoms with Gasteiger partial charge in [0.1, 0.15) is 11.4 Å². The summed E-state index contributed by atoms with van der Waals surface area (Å²) in [6, 6.07) is 14.7. The molecule has 0 saturated carbocycles. The first-order chi connectivity index (χ1) is 11.1. The summed E-state index contributed by atoms with van der Waals surface area (Å²) in [4.78, 5) is 20.3. The van der Waals surface area contributed by atoms with E-state index >= 15 is 0 Å². The molecule has 2 N–H and O–H groups in total. The summed E-state index contributed by atoms with van der Waals surface area (Å²) in [7, 11) is 0. The summed E-state index contributed by atoms with van der Waals surface area (Å²) in [5.41, 5.74) is 3.41. The van der Waals surface area contributed by atoms with E-state index in [1.54, 1.807) is 24.4 Å². The van der Waals surface area contributed by atoms with E-state index in [1.165, 1.54) is 0 Å². The van der Waals surface area contributed by atoms with Crippen LogP contribution in [-0.2, 0) is 0 Å². The average molecular weight is 302 g/mol. The number of hydrogen-bond donors (Lipinski definition) is 2. The molecule has 0 spiro atoms. The van der Waals surface area contributed by atoms with Crippen molar-refractivity contribution in [1.29, 1.82) is 0 Å². The number of ketones is 1. The Hall–Kier alpha value is -3.14. The summed E-state index contributed by atoms with van der Waals surface area (Å²) in [5.74, 6) is -0.245. The van der Waals surface area contributed by atoms with E-state index in [4.69, 9.17) is 0 Å². The maximum atomic E-state index is 12.7. The third kappa shape index (κ3) is 2.16. The largest absolute Gasteiger partial charge is 0.507 e. The van der Waals surface area contributed by atoms with Crippen LogP contribution in [0.4, 0.5) is 0 Å². The van der Waals surface area contributed by atoms with E-state index in [2.05, 4.69) is 9.97 Å². The molecule has 4 nitrogen and oxygen atoms in total. The molecule has 0 aliphatic heterocycles. The monoisotopic (exact) mass is 302 g/mol. The number of hydrogen-bond acceptors (Lipinski definition) is 3. The Labute approximate surface area is 132 Å². The summed E-state index contributed by atoms with van der Waals surface area (Å²) in [5, 5.41) is 11.9. The smallest absolute Gasteiger partial charge is 0.198 e. The van der Waals surface area contributed by atoms with Crippen molar-refractivity contribution in [3.63, 3.8) is 0 Å². The first kappa shape index (κ1) is 13.5. The number of carbonyl (C=O) groups excluding carboxylic acids is 1. The molecule has 0 saturated heterocycles. The number of nitrogens with one attached hydrogen (secondary N) is 1. The van der Waals surface area contributed by atoms with Crippen LogP contribution < -0.4 is 0 Å². The number of aromatic amines is 1. The van der Waals surface area contributed by atoms with Gasteiger partial charge in [0.15, 0.2) is 5.78 Å². The number of benzene rings is 2. The molecule has 0 atom stereocenters. The molecule has 0 radical (unpaired) electrons. The Balaban J connectivity index is 1.90. The Morgan fingerprint density at radius 2 is 1.91 bits per heavy atom. The van der Waals surface area contributed by atoms with Gasteiger partial charge in [-0.15, -0.1) is 0 Å². The zero-order chi connectivity index (χ0) is 16.0. The van der Waals surface area contributed by atoms with Crippen molar-refractivity contribution >= 4 is 27.7 Å². The SMILES string of the molecule is Cc1ccc(O)c(C(=O)c2cnc3[nH]c4ccccc4c3c2)c1. The lowest BCUT2D eigenvalue weighted by Gasteiger charge is -2.05. The van der Waals surface area contributed by atoms with E-state index in [0.717, 1.165) is 27.5 Å². The van der Waals surface area contributed by atoms with Gasteiger partial charge >= 0.3 is 0 Å². The number of phenols is 1. The summed E-state index contributed by atoms with van der Waals surface area (Å²) >= 11 is 0. The van der Waals surface area contributed by atoms with E-state index < -0.39 is 0 Å². The number of carbonyl (C=O) groups is 1. The second-order valence-corrected chi connectivity index (χ2v) is 5.64. The third-order valence-corrected chi connectivity index (χ3v) is 4.02. The molecule has 0 unspecified atom stereocenters. The van der Waals surface area contributed by atoms with E-state index in [1.807, 2.05) is 37.3 Å². The molecule has 0 bridgehead atoms. The van der Waals surface area contributed by atoms with Crippen molar-refractivity contribution < 1.29 is 9.90 Å². The summed E-state index contributed by atoms with van der Waals surface area (Å²) < 4.78 is 0. The second kappa shape index (κ2) is 4.95. The maximum absolute atomic E-state index is 12.7. The maximum Gasteiger partial charge on any atom is 0.198 e. The van der Waals surface area contributed by atoms with Gasteiger partial charge < -0.3 is 10.1 Å². The van der Waals surface area contributed by atoms with Crippen LogP contribution in [0.25, 0.3) is 21.9 Å². The molecule has 2 heterocycles. The molecule has 4 aromatic rings. The van der Waals surface area contributed by atoms with Gasteiger partial charge in [0.05, 0.1) is 5.56 Å². The van der Waals surface area contributed by atoms with Gasteiger partial charge in [-0.2, -0.15) is 0 Å². The van der Waals surface area contributed by atoms with Crippen molar-refractivity contribution in [2.24, 2.45) is 0 Å². The Morgan fingerprint density at radius 1 is 1.09 bits per heavy atom. The molecule has 0 aliphatic carbocycles. The van der Waals surface area contributed by atoms with Crippen molar-refractivity contribution in [2.75, 3.05) is 0 Å². The highest BCUT2D eigenvalue weighted by Crippen LogP contribution is 2.27. The van der Waals surface area contributed by atoms with Gasteiger partial charge in [0.25, 0.3) is 0 Å². The van der Waals surface area contributed by atoms with Crippen molar-refractivity contribution in [1.82, 2.24) is 9.97 Å². The van der Waals surface area contributed by atoms with Gasteiger partial charge in [0.2, 0.25) is 0 Å². The molecule has 23 heavy (non-hydrogen) atoms. The van der Waals surface area contributed by atoms with E-state index in [-0.39, 0.29) is 11.5 Å². The minimum Gasteiger partial charge on any atom is -0.507 e. The van der Waals surface area contributed by atoms with Gasteiger partial charge in [0, 0.05) is 28.0 Å². The molecule has 4 heteroatoms. The van der Waals surface area contributed by atoms with Gasteiger partial charge in [-0.1, -0.05) is 29.8 Å². The molecule has 0 fully saturated rings. The van der Waals surface area contributed by atoms with Crippen LogP contribution in [0.1, 0.15) is 21.5 Å². The first-order valence-electron chi connectivity index (χ1n) is 7.34. The highest BCUT2D eigenvalue weighted by molar-refractivity contribution is 6.14. The number of pyridine rings is 1. The lowest BCUT2D eigenvalue weighted by molar-refractivity contribution is 0.103. The number of aromatic nitrogens is 2. The number of rotatable bonds is 2. The number of nitrogens with zero attached hydrogens (tertiary/aromatic N) is 1. The third-order valence-electron chi connectivity index (χ3n) is 4.02. The predicted molar refractivity (Wildman–Crippen MR) is 89.9 cm³/mol. The van der Waals surface area contributed by atoms with Crippen LogP contribution in [0.5, 0.6) is 5.75 Å². The highest BCUT2D eigenvalue weighted by atomic mass is 16.3. The molecular weight excluding hydrogens is 288 g/mol. The number of aromatic hydroxyl groups is 1. The Kier molecular flexibility index (Phi) is 2.91. The van der Waals surface area contributed by atoms with Crippen LogP contribution in [0.2, 0.25) is 0 Å². The van der Waals surface area contributed by atoms with E-state index in [0.29, 0.717) is 11.1 Å². The van der Waals surface area contributed by atoms with Crippen molar-refractivity contribution in [3.05, 3.63) is 71.4 Å². The first-order valence-corrected chi connectivity index (χ1v) is 7.34. The number of H-pyrrole nitrogens is 1. The molecule has 112 valence electrons. The predicted octanol–water partition coefficient (Wildman–Crippen LogP) is 3.96. The Morgan fingerprint density at radius 3 is 2.78 bits per heavy atom. The van der Waals surface area contributed by atoms with Crippen LogP contribution in [0.15, 0.2) is 54.7 Å². The molecule has 2 aromatic heterocycles. The lowest BCUT2D eigenvalue weighted by atomic mass is 10.0. The number of aryl methyl sites for hydroxylation is 1. The Bertz CT molecular complexity index is 1060. The highest BCUT2D eigenvalue weighted by Gasteiger charge is 2.16. The van der Waals surface area contributed by atoms with Crippen LogP contribution >= 0.6 is 0 Å². The summed E-state index contributed by atoms with van der Waals surface area (Å²) in [6.07, 6.45) is 1.54. The zero-order valence-electron chi connectivity index (χ0n) is 12.5. The number of fused-ring (bicyclic) bond motifs is 3. The quantitative estimate of drug-likeness (QED) is 0.551. The van der Waals surface area contributed by atoms with Gasteiger partial charge in [-0.3, -0.25) is 4.79 Å². The second-order valence-electron chi connectivity index (χ2n) is 5.64. The topological polar surface area (TPSA) is 66.0 Å². The van der Waals surface area contributed by atoms with Crippen LogP contribution in [-0.4, -0.2) is 20.9 Å². The molecule has 0 aliphatic rings. The van der Waals surface area contributed by atoms with Crippen molar-refractivity contribution in [2.45, 2.75) is 6.92 Å². The fourth-order valence-corrected chi connectivity index (χ4v) is 2.84. The van der Waals surface area contributed by atoms with Gasteiger partial charge in [-0.05, 0) is 31.2 Å². The summed E-state index contributed by atoms with van der Waals surface area (Å²) in [6.45, 7) is 1.89. The number of para-hydroxylation sites is 1. The molecule has 2 aromatic carbocycles. The van der Waals surface area contributed by atoms with Crippen LogP contribution in [0.3, 0.4) is 0 Å². The lowest BCUT2D eigenvalue weighted by Crippen LogP contribution is -2.02. The normalized spacial score (nSPS) is 11.2. The van der Waals surface area contributed by atoms with Crippen LogP contribution in [0, 0.1) is 6.92 Å². The molecule has 0 amide bonds. The van der Waals surface area contributed by atoms with Gasteiger partial charge in [-0.25, -0.2) is 4.98 Å². The standard InChI is InChI=1S/C19H14N2O2/c1-11-6-7-17(22)15(8-11)18(23)12-9-14-13-4-2-3-5-16(13)21-19(14)20-10-12/h2-10,22H,1H3,(H,20,21). The van der Waals surface area contributed by atoms with E-state index in [9.17, 15) is 9.90 Å².